The summed E-state index contributed by atoms with van der Waals surface area (Å²) in [6.07, 6.45) is 13.7. The number of rotatable bonds is 3. The Balaban J connectivity index is 1.48. The number of aromatic nitrogens is 2. The Labute approximate surface area is 239 Å². The Kier molecular flexibility index (Phi) is 5.40. The van der Waals surface area contributed by atoms with Crippen LogP contribution in [0.15, 0.2) is 97.1 Å². The first-order chi connectivity index (χ1) is 19.6. The minimum atomic E-state index is 0.0573. The van der Waals surface area contributed by atoms with Crippen molar-refractivity contribution < 1.29 is 0 Å². The molecule has 0 saturated heterocycles. The smallest absolute Gasteiger partial charge is 0.138 e. The predicted molar refractivity (Wildman–Crippen MR) is 172 cm³/mol. The minimum Gasteiger partial charge on any atom is -0.293 e. The Morgan fingerprint density at radius 1 is 0.875 bits per heavy atom. The molecule has 2 unspecified atom stereocenters. The van der Waals surface area contributed by atoms with E-state index >= 15 is 0 Å². The molecule has 3 aromatic carbocycles. The number of benzene rings is 3. The van der Waals surface area contributed by atoms with E-state index in [1.54, 1.807) is 0 Å². The van der Waals surface area contributed by atoms with Crippen LogP contribution < -0.4 is 0 Å². The number of allylic oxidation sites excluding steroid dienone is 3. The highest BCUT2D eigenvalue weighted by Gasteiger charge is 2.35. The molecule has 0 bridgehead atoms. The molecule has 3 heteroatoms. The Morgan fingerprint density at radius 2 is 1.70 bits per heavy atom. The molecule has 0 spiro atoms. The zero-order valence-corrected chi connectivity index (χ0v) is 23.8. The van der Waals surface area contributed by atoms with E-state index in [9.17, 15) is 0 Å². The molecule has 2 nitrogen and oxygen atoms in total. The lowest BCUT2D eigenvalue weighted by Gasteiger charge is -2.38. The molecule has 0 radical (unpaired) electrons. The number of nitrogens with zero attached hydrogens (tertiary/aromatic N) is 2. The van der Waals surface area contributed by atoms with Gasteiger partial charge in [-0.1, -0.05) is 92.7 Å². The van der Waals surface area contributed by atoms with Crippen LogP contribution in [-0.4, -0.2) is 9.55 Å². The second-order valence-corrected chi connectivity index (χ2v) is 12.8. The molecule has 6 aromatic rings. The number of hydrogen-bond donors (Lipinski definition) is 0. The van der Waals surface area contributed by atoms with Gasteiger partial charge in [0, 0.05) is 26.4 Å². The van der Waals surface area contributed by atoms with Gasteiger partial charge in [-0.3, -0.25) is 4.57 Å². The lowest BCUT2D eigenvalue weighted by Crippen LogP contribution is -2.32. The lowest BCUT2D eigenvalue weighted by molar-refractivity contribution is 0.305. The average molecular weight is 537 g/mol. The summed E-state index contributed by atoms with van der Waals surface area (Å²) in [4.78, 5) is 5.43. The summed E-state index contributed by atoms with van der Waals surface area (Å²) in [5.74, 6) is 1.59. The number of aryl methyl sites for hydroxylation is 1. The van der Waals surface area contributed by atoms with Crippen LogP contribution in [0.5, 0.6) is 0 Å². The summed E-state index contributed by atoms with van der Waals surface area (Å²) in [6, 6.07) is 29.0. The molecule has 0 aliphatic heterocycles. The van der Waals surface area contributed by atoms with Crippen molar-refractivity contribution in [3.63, 3.8) is 0 Å². The van der Waals surface area contributed by atoms with Gasteiger partial charge in [0.2, 0.25) is 0 Å². The van der Waals surface area contributed by atoms with Gasteiger partial charge in [-0.15, -0.1) is 11.3 Å². The quantitative estimate of drug-likeness (QED) is 0.206. The van der Waals surface area contributed by atoms with Crippen LogP contribution in [0, 0.1) is 5.92 Å². The van der Waals surface area contributed by atoms with Crippen molar-refractivity contribution in [2.75, 3.05) is 0 Å². The van der Waals surface area contributed by atoms with Crippen molar-refractivity contribution >= 4 is 48.5 Å². The third-order valence-corrected chi connectivity index (χ3v) is 10.7. The van der Waals surface area contributed by atoms with E-state index < -0.39 is 0 Å². The molecule has 3 aromatic heterocycles. The van der Waals surface area contributed by atoms with Gasteiger partial charge >= 0.3 is 0 Å². The molecule has 3 heterocycles. The minimum absolute atomic E-state index is 0.0573. The first kappa shape index (κ1) is 23.9. The zero-order valence-electron chi connectivity index (χ0n) is 23.0. The summed E-state index contributed by atoms with van der Waals surface area (Å²) in [7, 11) is 0. The van der Waals surface area contributed by atoms with Gasteiger partial charge in [0.1, 0.15) is 5.82 Å². The summed E-state index contributed by atoms with van der Waals surface area (Å²) in [5, 5.41) is 4.05. The van der Waals surface area contributed by atoms with Gasteiger partial charge in [-0.05, 0) is 72.4 Å². The third kappa shape index (κ3) is 3.50. The van der Waals surface area contributed by atoms with E-state index in [-0.39, 0.29) is 5.41 Å². The number of hydrogen-bond acceptors (Lipinski definition) is 2. The van der Waals surface area contributed by atoms with Crippen molar-refractivity contribution in [3.05, 3.63) is 114 Å². The predicted octanol–water partition coefficient (Wildman–Crippen LogP) is 10.3. The molecule has 0 amide bonds. The fourth-order valence-corrected chi connectivity index (χ4v) is 8.18. The number of thiophene rings is 1. The van der Waals surface area contributed by atoms with Crippen LogP contribution in [0.2, 0.25) is 0 Å². The van der Waals surface area contributed by atoms with E-state index in [1.165, 1.54) is 53.5 Å². The van der Waals surface area contributed by atoms with Crippen molar-refractivity contribution in [2.45, 2.75) is 44.9 Å². The molecular weight excluding hydrogens is 504 g/mol. The largest absolute Gasteiger partial charge is 0.293 e. The van der Waals surface area contributed by atoms with Gasteiger partial charge < -0.3 is 0 Å². The second kappa shape index (κ2) is 9.04. The van der Waals surface area contributed by atoms with Gasteiger partial charge in [0.15, 0.2) is 0 Å². The lowest BCUT2D eigenvalue weighted by atomic mass is 9.67. The molecule has 2 aliphatic rings. The first-order valence-electron chi connectivity index (χ1n) is 14.5. The van der Waals surface area contributed by atoms with Crippen LogP contribution >= 0.6 is 11.3 Å². The molecule has 40 heavy (non-hydrogen) atoms. The maximum absolute atomic E-state index is 5.43. The average Bonchev–Trinajstić information content (AvgIpc) is 3.55. The molecule has 2 aliphatic carbocycles. The van der Waals surface area contributed by atoms with Crippen LogP contribution in [0.4, 0.5) is 0 Å². The van der Waals surface area contributed by atoms with E-state index in [1.807, 2.05) is 11.3 Å². The topological polar surface area (TPSA) is 17.8 Å². The number of fused-ring (bicyclic) bond motifs is 7. The molecule has 2 atom stereocenters. The van der Waals surface area contributed by atoms with Gasteiger partial charge in [0.25, 0.3) is 0 Å². The van der Waals surface area contributed by atoms with Crippen molar-refractivity contribution in [2.24, 2.45) is 5.92 Å². The van der Waals surface area contributed by atoms with Crippen molar-refractivity contribution in [1.29, 1.82) is 0 Å². The van der Waals surface area contributed by atoms with E-state index in [2.05, 4.69) is 122 Å². The Bertz CT molecular complexity index is 1990. The molecule has 0 saturated carbocycles. The molecule has 0 N–H and O–H groups in total. The van der Waals surface area contributed by atoms with E-state index in [0.717, 1.165) is 37.2 Å². The molecule has 196 valence electrons. The normalized spacial score (nSPS) is 20.5. The highest BCUT2D eigenvalue weighted by Crippen LogP contribution is 2.45. The summed E-state index contributed by atoms with van der Waals surface area (Å²) in [5.41, 5.74) is 7.70. The van der Waals surface area contributed by atoms with Crippen LogP contribution in [0.1, 0.15) is 49.9 Å². The number of pyridine rings is 1. The molecule has 0 fully saturated rings. The summed E-state index contributed by atoms with van der Waals surface area (Å²) >= 11 is 1.91. The fraction of sp³-hybridized carbons (Fsp3) is 0.216. The standard InChI is InChI=1S/C37H32N2S/c1-24-12-10-11-21-37(24,2)26-22-31(25-13-4-3-5-14-25)38-34(23-26)39-32-17-8-6-15-27(32)29-19-20-30-28-16-7-9-18-33(28)40-36(30)35(29)39/h3-5,7-11,13-14,16-20,22-24H,6,12,15,21H2,1-2H3. The zero-order chi connectivity index (χ0) is 26.8. The molecular formula is C37H32N2S. The van der Waals surface area contributed by atoms with Crippen molar-refractivity contribution in [3.8, 4) is 17.1 Å². The molecule has 8 rings (SSSR count). The monoisotopic (exact) mass is 536 g/mol. The van der Waals surface area contributed by atoms with Crippen LogP contribution in [0.3, 0.4) is 0 Å². The van der Waals surface area contributed by atoms with Crippen LogP contribution in [-0.2, 0) is 11.8 Å². The van der Waals surface area contributed by atoms with Crippen molar-refractivity contribution in [1.82, 2.24) is 9.55 Å². The van der Waals surface area contributed by atoms with Crippen LogP contribution in [0.25, 0.3) is 54.2 Å². The maximum Gasteiger partial charge on any atom is 0.138 e. The van der Waals surface area contributed by atoms with Gasteiger partial charge in [-0.25, -0.2) is 4.98 Å². The summed E-state index contributed by atoms with van der Waals surface area (Å²) in [6.45, 7) is 4.85. The summed E-state index contributed by atoms with van der Waals surface area (Å²) < 4.78 is 5.18. The Hall–Kier alpha value is -3.95. The van der Waals surface area contributed by atoms with E-state index in [4.69, 9.17) is 4.98 Å². The van der Waals surface area contributed by atoms with Gasteiger partial charge in [-0.2, -0.15) is 0 Å². The van der Waals surface area contributed by atoms with Gasteiger partial charge in [0.05, 0.1) is 21.6 Å². The second-order valence-electron chi connectivity index (χ2n) is 11.8. The highest BCUT2D eigenvalue weighted by molar-refractivity contribution is 7.26. The SMILES string of the molecule is CC1CC=CCC1(C)c1cc(-c2ccccc2)nc(-n2c3c(c4ccc5c6ccccc6sc5c42)CCC=C3)c1. The van der Waals surface area contributed by atoms with E-state index in [0.29, 0.717) is 5.92 Å². The maximum atomic E-state index is 5.43. The Morgan fingerprint density at radius 3 is 2.58 bits per heavy atom. The fourth-order valence-electron chi connectivity index (χ4n) is 6.94. The highest BCUT2D eigenvalue weighted by atomic mass is 32.1. The first-order valence-corrected chi connectivity index (χ1v) is 15.3. The third-order valence-electron chi connectivity index (χ3n) is 9.51.